The summed E-state index contributed by atoms with van der Waals surface area (Å²) in [6, 6.07) is 0. The molecule has 0 aromatic carbocycles. The van der Waals surface area contributed by atoms with Gasteiger partial charge in [-0.05, 0) is 37.5 Å². The summed E-state index contributed by atoms with van der Waals surface area (Å²) in [4.78, 5) is 0. The minimum absolute atomic E-state index is 0.0766. The molecule has 0 amide bonds. The molecule has 5 aliphatic rings. The van der Waals surface area contributed by atoms with E-state index in [9.17, 15) is 91.9 Å². The first-order chi connectivity index (χ1) is 47.1. The first-order valence-corrected chi connectivity index (χ1v) is 36.2. The Bertz CT molecular complexity index is 1890. The third-order valence-electron chi connectivity index (χ3n) is 19.5. The smallest absolute Gasteiger partial charge is 0.187 e. The Balaban J connectivity index is 1.52. The van der Waals surface area contributed by atoms with Crippen LogP contribution in [0, 0.1) is 23.2 Å². The lowest BCUT2D eigenvalue weighted by Crippen LogP contribution is -2.65. The van der Waals surface area contributed by atoms with E-state index >= 15 is 0 Å². The van der Waals surface area contributed by atoms with Gasteiger partial charge >= 0.3 is 0 Å². The van der Waals surface area contributed by atoms with Gasteiger partial charge in [-0.1, -0.05) is 130 Å². The fourth-order valence-corrected chi connectivity index (χ4v) is 13.1. The lowest BCUT2D eigenvalue weighted by Gasteiger charge is -2.47. The lowest BCUT2D eigenvalue weighted by atomic mass is 9.91. The van der Waals surface area contributed by atoms with Gasteiger partial charge < -0.3 is 153 Å². The van der Waals surface area contributed by atoms with Gasteiger partial charge in [-0.15, -0.1) is 0 Å². The maximum atomic E-state index is 11.8. The van der Waals surface area contributed by atoms with Crippen LogP contribution in [0.1, 0.15) is 156 Å². The van der Waals surface area contributed by atoms with Crippen molar-refractivity contribution >= 4 is 0 Å². The third-order valence-corrected chi connectivity index (χ3v) is 19.5. The first-order valence-electron chi connectivity index (χ1n) is 36.2. The average molecular weight is 1430 g/mol. The van der Waals surface area contributed by atoms with Gasteiger partial charge in [-0.3, -0.25) is 0 Å². The van der Waals surface area contributed by atoms with E-state index in [1.807, 2.05) is 0 Å². The molecule has 26 atom stereocenters. The summed E-state index contributed by atoms with van der Waals surface area (Å²) in [7, 11) is 0. The van der Waals surface area contributed by atoms with Crippen molar-refractivity contribution in [1.82, 2.24) is 0 Å². The zero-order chi connectivity index (χ0) is 71.9. The lowest BCUT2D eigenvalue weighted by molar-refractivity contribution is -0.367. The Morgan fingerprint density at radius 2 is 0.541 bits per heavy atom. The Kier molecular flexibility index (Phi) is 41.6. The fraction of sp³-hybridized carbons (Fsp3) is 1.00. The van der Waals surface area contributed by atoms with Gasteiger partial charge in [0.15, 0.2) is 31.5 Å². The summed E-state index contributed by atoms with van der Waals surface area (Å²) in [6.45, 7) is 2.86. The molecule has 0 aromatic rings. The molecule has 5 heterocycles. The van der Waals surface area contributed by atoms with Crippen molar-refractivity contribution in [1.29, 1.82) is 0 Å². The van der Waals surface area contributed by atoms with Crippen molar-refractivity contribution in [2.24, 2.45) is 23.2 Å². The van der Waals surface area contributed by atoms with Crippen LogP contribution in [0.25, 0.3) is 0 Å². The molecule has 5 fully saturated rings. The summed E-state index contributed by atoms with van der Waals surface area (Å²) < 4.78 is 79.2. The maximum absolute atomic E-state index is 11.8. The Hall–Kier alpha value is -1.24. The van der Waals surface area contributed by atoms with Gasteiger partial charge in [0.2, 0.25) is 0 Å². The van der Waals surface area contributed by atoms with Gasteiger partial charge in [0.1, 0.15) is 122 Å². The van der Waals surface area contributed by atoms with Crippen molar-refractivity contribution < 1.29 is 153 Å². The summed E-state index contributed by atoms with van der Waals surface area (Å²) in [5.41, 5.74) is -1.88. The highest BCUT2D eigenvalue weighted by molar-refractivity contribution is 4.97. The van der Waals surface area contributed by atoms with Crippen LogP contribution in [0.2, 0.25) is 0 Å². The topological polar surface area (TPSA) is 484 Å². The zero-order valence-electron chi connectivity index (χ0n) is 58.1. The first kappa shape index (κ1) is 87.4. The van der Waals surface area contributed by atoms with Gasteiger partial charge in [-0.25, -0.2) is 0 Å². The highest BCUT2D eigenvalue weighted by Gasteiger charge is 2.54. The van der Waals surface area contributed by atoms with Gasteiger partial charge in [0, 0.05) is 19.1 Å². The van der Waals surface area contributed by atoms with Crippen LogP contribution >= 0.6 is 0 Å². The quantitative estimate of drug-likeness (QED) is 0.0289. The van der Waals surface area contributed by atoms with Crippen molar-refractivity contribution in [3.8, 4) is 0 Å². The number of hydrogen-bond donors (Lipinski definition) is 18. The van der Waals surface area contributed by atoms with Crippen LogP contribution in [0.4, 0.5) is 0 Å². The molecule has 0 spiro atoms. The van der Waals surface area contributed by atoms with E-state index in [0.29, 0.717) is 25.0 Å². The Morgan fingerprint density at radius 3 is 0.847 bits per heavy atom. The molecule has 31 nitrogen and oxygen atoms in total. The Labute approximate surface area is 577 Å². The van der Waals surface area contributed by atoms with Crippen molar-refractivity contribution in [3.05, 3.63) is 0 Å². The zero-order valence-corrected chi connectivity index (χ0v) is 58.1. The summed E-state index contributed by atoms with van der Waals surface area (Å²) in [5, 5.41) is 195. The van der Waals surface area contributed by atoms with E-state index in [0.717, 1.165) is 128 Å². The summed E-state index contributed by atoms with van der Waals surface area (Å²) in [6.07, 6.45) is -24.0. The van der Waals surface area contributed by atoms with Gasteiger partial charge in [0.25, 0.3) is 0 Å². The molecule has 0 radical (unpaired) electrons. The number of aliphatic hydroxyl groups is 18. The van der Waals surface area contributed by atoms with Crippen molar-refractivity contribution in [2.75, 3.05) is 92.5 Å². The van der Waals surface area contributed by atoms with E-state index in [4.69, 9.17) is 61.6 Å². The molecule has 98 heavy (non-hydrogen) atoms. The number of unbranched alkanes of at least 4 members (excludes halogenated alkanes) is 12. The summed E-state index contributed by atoms with van der Waals surface area (Å²) >= 11 is 0. The Morgan fingerprint density at radius 1 is 0.276 bits per heavy atom. The van der Waals surface area contributed by atoms with Crippen LogP contribution in [0.3, 0.4) is 0 Å². The highest BCUT2D eigenvalue weighted by Crippen LogP contribution is 2.36. The highest BCUT2D eigenvalue weighted by atomic mass is 16.8. The minimum atomic E-state index is -2.09. The molecule has 5 aliphatic heterocycles. The number of ether oxygens (including phenoxy) is 13. The van der Waals surface area contributed by atoms with E-state index in [2.05, 4.69) is 27.7 Å². The minimum Gasteiger partial charge on any atom is -0.394 e. The summed E-state index contributed by atoms with van der Waals surface area (Å²) in [5.74, 6) is 0.168. The van der Waals surface area contributed by atoms with E-state index in [1.54, 1.807) is 0 Å². The molecule has 0 bridgehead atoms. The molecule has 0 aliphatic carbocycles. The van der Waals surface area contributed by atoms with Crippen LogP contribution in [-0.2, 0) is 61.6 Å². The second-order valence-corrected chi connectivity index (χ2v) is 27.7. The molecular weight excluding hydrogens is 1300 g/mol. The normalized spacial score (nSPS) is 36.4. The predicted molar refractivity (Wildman–Crippen MR) is 345 cm³/mol. The maximum Gasteiger partial charge on any atom is 0.187 e. The molecule has 5 saturated heterocycles. The molecule has 31 heteroatoms. The number of hydrogen-bond acceptors (Lipinski definition) is 31. The monoisotopic (exact) mass is 1430 g/mol. The fourth-order valence-electron chi connectivity index (χ4n) is 13.1. The van der Waals surface area contributed by atoms with Crippen LogP contribution in [-0.4, -0.2) is 338 Å². The molecule has 11 unspecified atom stereocenters. The SMILES string of the molecule is CCCCCCC(CCCCCC)COCC(COCC(CCCCCC)CCCCCC)COCC(CO[C@@H]1OC(CO)[C@@H](O)[C@H](O)C1O)(CO[C@@H]1OC(CO)[C@@H](O[C@H]2OC(CO)[C@@H](O)[C@H](O)C2O)[C@H](O)C1O)CO[C@@H]1OC(CO)[C@H](O[C@H]2OC(CO)[C@@H](O)[C@H](O)C2O)[C@H](O)C1O. The third kappa shape index (κ3) is 26.4. The molecule has 0 aromatic heterocycles. The second kappa shape index (κ2) is 46.7. The van der Waals surface area contributed by atoms with Crippen LogP contribution < -0.4 is 0 Å². The second-order valence-electron chi connectivity index (χ2n) is 27.7. The standard InChI is InChI=1S/C67H126O31/c1-5-9-13-17-21-39(22-18-14-10-6-2)30-86-32-41(33-87-31-40(23-19-15-11-7-3)24-20-16-12-8-4)34-88-35-67(36-89-62-55(81)50(76)47(73)42(25-68)92-62,37-90-63-58(84)53(79)60(45(28-71)95-63)97-65-56(82)51(77)48(74)43(26-69)93-65)38-91-64-59(85)54(80)61(46(29-72)96-64)98-66-57(83)52(78)49(75)44(27-70)94-66/h39-66,68-85H,5-38H2,1-4H3/t42?,43?,44?,45?,46?,47-,48-,49-,50+,51+,52+,53-,54-,55?,56?,57?,58?,59?,60-,61+,62-,63-,64-,65-,66-,67?/m1/s1. The van der Waals surface area contributed by atoms with Gasteiger partial charge in [-0.2, -0.15) is 0 Å². The van der Waals surface area contributed by atoms with Crippen molar-refractivity contribution in [3.63, 3.8) is 0 Å². The predicted octanol–water partition coefficient (Wildman–Crippen LogP) is -2.15. The van der Waals surface area contributed by atoms with Crippen LogP contribution in [0.5, 0.6) is 0 Å². The average Bonchev–Trinajstić information content (AvgIpc) is 0.792. The molecule has 580 valence electrons. The molecular formula is C67H126O31. The number of aliphatic hydroxyl groups excluding tert-OH is 18. The largest absolute Gasteiger partial charge is 0.394 e. The molecule has 18 N–H and O–H groups in total. The van der Waals surface area contributed by atoms with E-state index in [1.165, 1.54) is 0 Å². The molecule has 5 rings (SSSR count). The van der Waals surface area contributed by atoms with E-state index in [-0.39, 0.29) is 19.8 Å². The number of rotatable bonds is 50. The van der Waals surface area contributed by atoms with Crippen molar-refractivity contribution in [2.45, 2.75) is 310 Å². The van der Waals surface area contributed by atoms with Crippen LogP contribution in [0.15, 0.2) is 0 Å². The van der Waals surface area contributed by atoms with Gasteiger partial charge in [0.05, 0.1) is 84.7 Å². The molecule has 0 saturated carbocycles. The van der Waals surface area contributed by atoms with E-state index < -0.39 is 224 Å².